The van der Waals surface area contributed by atoms with E-state index in [1.165, 1.54) is 7.11 Å². The van der Waals surface area contributed by atoms with E-state index >= 15 is 0 Å². The molecule has 1 saturated heterocycles. The number of ether oxygens (including phenoxy) is 2. The lowest BCUT2D eigenvalue weighted by molar-refractivity contribution is -0.262. The molecule has 1 aliphatic heterocycles. The molecule has 108 valence electrons. The van der Waals surface area contributed by atoms with Gasteiger partial charge in [0, 0.05) is 13.0 Å². The highest BCUT2D eigenvalue weighted by atomic mass is 16.7. The van der Waals surface area contributed by atoms with Crippen LogP contribution in [0.2, 0.25) is 0 Å². The van der Waals surface area contributed by atoms with Gasteiger partial charge in [0.05, 0.1) is 24.9 Å². The van der Waals surface area contributed by atoms with Crippen molar-refractivity contribution in [2.45, 2.75) is 52.2 Å². The summed E-state index contributed by atoms with van der Waals surface area (Å²) in [5, 5.41) is 19.9. The lowest BCUT2D eigenvalue weighted by Crippen LogP contribution is -2.63. The van der Waals surface area contributed by atoms with Crippen molar-refractivity contribution in [3.05, 3.63) is 0 Å². The van der Waals surface area contributed by atoms with Gasteiger partial charge in [0.25, 0.3) is 0 Å². The van der Waals surface area contributed by atoms with E-state index in [2.05, 4.69) is 27.7 Å². The highest BCUT2D eigenvalue weighted by Crippen LogP contribution is 2.43. The fourth-order valence-electron chi connectivity index (χ4n) is 2.64. The Labute approximate surface area is 109 Å². The molecule has 0 spiro atoms. The summed E-state index contributed by atoms with van der Waals surface area (Å²) >= 11 is 0. The average Bonchev–Trinajstić information content (AvgIpc) is 2.31. The zero-order valence-electron chi connectivity index (χ0n) is 12.0. The first-order valence-electron chi connectivity index (χ1n) is 6.50. The Bertz CT molecular complexity index is 268. The third-order valence-corrected chi connectivity index (χ3v) is 4.55. The first-order valence-corrected chi connectivity index (χ1v) is 6.50. The fourth-order valence-corrected chi connectivity index (χ4v) is 2.64. The lowest BCUT2D eigenvalue weighted by Gasteiger charge is -2.50. The molecular weight excluding hydrogens is 234 g/mol. The Balaban J connectivity index is 3.01. The van der Waals surface area contributed by atoms with Gasteiger partial charge in [0.15, 0.2) is 6.29 Å². The number of hydrogen-bond donors (Lipinski definition) is 3. The smallest absolute Gasteiger partial charge is 0.175 e. The molecule has 0 aromatic rings. The van der Waals surface area contributed by atoms with Gasteiger partial charge < -0.3 is 25.4 Å². The summed E-state index contributed by atoms with van der Waals surface area (Å²) in [6, 6.07) is -0.596. The third-order valence-electron chi connectivity index (χ3n) is 4.55. The standard InChI is InChI=1S/C13H27NO4/c1-7(2)13(3,4)9-8(6-15)18-12(17-5)10(14)11(9)16/h7-12,15-16H,6,14H2,1-5H3. The summed E-state index contributed by atoms with van der Waals surface area (Å²) < 4.78 is 10.8. The number of nitrogens with two attached hydrogens (primary N) is 1. The predicted molar refractivity (Wildman–Crippen MR) is 68.8 cm³/mol. The maximum Gasteiger partial charge on any atom is 0.175 e. The van der Waals surface area contributed by atoms with Crippen molar-refractivity contribution in [3.8, 4) is 0 Å². The Morgan fingerprint density at radius 2 is 1.94 bits per heavy atom. The zero-order chi connectivity index (χ0) is 14.1. The van der Waals surface area contributed by atoms with E-state index in [9.17, 15) is 10.2 Å². The monoisotopic (exact) mass is 261 g/mol. The molecule has 1 heterocycles. The first-order chi connectivity index (χ1) is 8.27. The van der Waals surface area contributed by atoms with Crippen molar-refractivity contribution in [3.63, 3.8) is 0 Å². The van der Waals surface area contributed by atoms with E-state index in [1.807, 2.05) is 0 Å². The number of rotatable bonds is 4. The molecule has 0 radical (unpaired) electrons. The molecule has 0 aromatic heterocycles. The molecule has 0 aromatic carbocycles. The van der Waals surface area contributed by atoms with Crippen LogP contribution in [0.1, 0.15) is 27.7 Å². The van der Waals surface area contributed by atoms with Crippen LogP contribution in [0.15, 0.2) is 0 Å². The van der Waals surface area contributed by atoms with Crippen LogP contribution in [0.3, 0.4) is 0 Å². The summed E-state index contributed by atoms with van der Waals surface area (Å²) in [6.45, 7) is 8.17. The molecule has 0 aliphatic carbocycles. The third kappa shape index (κ3) is 2.70. The Morgan fingerprint density at radius 1 is 1.39 bits per heavy atom. The summed E-state index contributed by atoms with van der Waals surface area (Å²) in [5.41, 5.74) is 5.76. The van der Waals surface area contributed by atoms with E-state index in [0.717, 1.165) is 0 Å². The number of hydrogen-bond acceptors (Lipinski definition) is 5. The van der Waals surface area contributed by atoms with Crippen LogP contribution >= 0.6 is 0 Å². The number of aliphatic hydroxyl groups is 2. The fraction of sp³-hybridized carbons (Fsp3) is 1.00. The molecular formula is C13H27NO4. The topological polar surface area (TPSA) is 84.9 Å². The van der Waals surface area contributed by atoms with Crippen molar-refractivity contribution in [1.82, 2.24) is 0 Å². The summed E-state index contributed by atoms with van der Waals surface area (Å²) in [4.78, 5) is 0. The van der Waals surface area contributed by atoms with Gasteiger partial charge in [0.1, 0.15) is 0 Å². The molecule has 1 rings (SSSR count). The Kier molecular flexibility index (Phi) is 5.14. The molecule has 5 heteroatoms. The molecule has 0 saturated carbocycles. The van der Waals surface area contributed by atoms with Crippen molar-refractivity contribution in [1.29, 1.82) is 0 Å². The molecule has 18 heavy (non-hydrogen) atoms. The number of aliphatic hydroxyl groups excluding tert-OH is 2. The molecule has 0 bridgehead atoms. The van der Waals surface area contributed by atoms with Gasteiger partial charge in [0.2, 0.25) is 0 Å². The predicted octanol–water partition coefficient (Wildman–Crippen LogP) is 0.337. The second kappa shape index (κ2) is 5.84. The highest BCUT2D eigenvalue weighted by Gasteiger charge is 2.50. The summed E-state index contributed by atoms with van der Waals surface area (Å²) in [5.74, 6) is 0.116. The van der Waals surface area contributed by atoms with Crippen molar-refractivity contribution >= 4 is 0 Å². The lowest BCUT2D eigenvalue weighted by atomic mass is 9.64. The maximum atomic E-state index is 10.4. The highest BCUT2D eigenvalue weighted by molar-refractivity contribution is 4.98. The van der Waals surface area contributed by atoms with Crippen LogP contribution in [0, 0.1) is 17.3 Å². The quantitative estimate of drug-likeness (QED) is 0.679. The minimum Gasteiger partial charge on any atom is -0.394 e. The van der Waals surface area contributed by atoms with Crippen LogP contribution in [-0.4, -0.2) is 48.5 Å². The molecule has 1 aliphatic rings. The maximum absolute atomic E-state index is 10.4. The Morgan fingerprint density at radius 3 is 2.33 bits per heavy atom. The SMILES string of the molecule is COC1OC(CO)C(C(C)(C)C(C)C)C(O)C1N. The molecule has 0 amide bonds. The second-order valence-corrected chi connectivity index (χ2v) is 6.03. The van der Waals surface area contributed by atoms with Gasteiger partial charge in [-0.25, -0.2) is 0 Å². The summed E-state index contributed by atoms with van der Waals surface area (Å²) in [7, 11) is 1.49. The molecule has 5 nitrogen and oxygen atoms in total. The van der Waals surface area contributed by atoms with Gasteiger partial charge in [-0.1, -0.05) is 27.7 Å². The first kappa shape index (κ1) is 15.9. The van der Waals surface area contributed by atoms with Crippen LogP contribution in [0.4, 0.5) is 0 Å². The zero-order valence-corrected chi connectivity index (χ0v) is 12.0. The van der Waals surface area contributed by atoms with Crippen LogP contribution in [0.5, 0.6) is 0 Å². The van der Waals surface area contributed by atoms with E-state index in [4.69, 9.17) is 15.2 Å². The molecule has 5 unspecified atom stereocenters. The van der Waals surface area contributed by atoms with E-state index in [1.54, 1.807) is 0 Å². The Hall–Kier alpha value is -0.200. The van der Waals surface area contributed by atoms with Gasteiger partial charge >= 0.3 is 0 Å². The van der Waals surface area contributed by atoms with Gasteiger partial charge in [-0.3, -0.25) is 0 Å². The van der Waals surface area contributed by atoms with Crippen LogP contribution < -0.4 is 5.73 Å². The molecule has 4 N–H and O–H groups in total. The van der Waals surface area contributed by atoms with Gasteiger partial charge in [-0.05, 0) is 11.3 Å². The van der Waals surface area contributed by atoms with Gasteiger partial charge in [-0.15, -0.1) is 0 Å². The van der Waals surface area contributed by atoms with E-state index in [-0.39, 0.29) is 17.9 Å². The van der Waals surface area contributed by atoms with Crippen molar-refractivity contribution in [2.24, 2.45) is 23.0 Å². The van der Waals surface area contributed by atoms with Crippen molar-refractivity contribution in [2.75, 3.05) is 13.7 Å². The van der Waals surface area contributed by atoms with E-state index in [0.29, 0.717) is 5.92 Å². The second-order valence-electron chi connectivity index (χ2n) is 6.03. The number of methoxy groups -OCH3 is 1. The normalized spacial score (nSPS) is 38.2. The van der Waals surface area contributed by atoms with Crippen molar-refractivity contribution < 1.29 is 19.7 Å². The average molecular weight is 261 g/mol. The van der Waals surface area contributed by atoms with Crippen LogP contribution in [-0.2, 0) is 9.47 Å². The van der Waals surface area contributed by atoms with Crippen LogP contribution in [0.25, 0.3) is 0 Å². The summed E-state index contributed by atoms with van der Waals surface area (Å²) in [6.07, 6.45) is -1.88. The van der Waals surface area contributed by atoms with E-state index < -0.39 is 24.5 Å². The molecule has 1 fully saturated rings. The van der Waals surface area contributed by atoms with Gasteiger partial charge in [-0.2, -0.15) is 0 Å². The largest absolute Gasteiger partial charge is 0.394 e. The molecule has 5 atom stereocenters. The minimum atomic E-state index is -0.752. The minimum absolute atomic E-state index is 0.148.